The second-order valence-electron chi connectivity index (χ2n) is 22.0. The predicted octanol–water partition coefficient (Wildman–Crippen LogP) is 21.7. The molecule has 0 unspecified atom stereocenters. The minimum atomic E-state index is 0.0250. The van der Waals surface area contributed by atoms with Crippen molar-refractivity contribution in [1.29, 1.82) is 0 Å². The second-order valence-corrected chi connectivity index (χ2v) is 22.0. The Balaban J connectivity index is 1.06. The summed E-state index contributed by atoms with van der Waals surface area (Å²) >= 11 is 0. The van der Waals surface area contributed by atoms with Crippen LogP contribution in [-0.4, -0.2) is 0 Å². The van der Waals surface area contributed by atoms with Crippen LogP contribution in [0.1, 0.15) is 43.9 Å². The summed E-state index contributed by atoms with van der Waals surface area (Å²) in [5.41, 5.74) is 17.9. The Kier molecular flexibility index (Phi) is 11.6. The highest BCUT2D eigenvalue weighted by atomic mass is 15.1. The lowest BCUT2D eigenvalue weighted by Crippen LogP contribution is -2.13. The molecule has 13 aromatic rings. The van der Waals surface area contributed by atoms with Gasteiger partial charge in [-0.1, -0.05) is 215 Å². The average Bonchev–Trinajstić information content (AvgIpc) is 3.50. The standard InChI is InChI=1S/C76H58N2/c1-76(2,3)61-36-40-63(41-37-61)78(65-39-35-53-18-9-12-22-59(53)48-65)67-42-44-70-73(50-67)75(60-33-28-51-16-7-10-20-57(51)46-60)71-45-43-66(77(62-24-5-4-6-25-62)64-38-34-52-17-8-11-21-58(52)47-64)49-72(71)74(70)56-31-29-55(30-32-56)69-27-15-23-54-19-13-14-26-68(54)69/h4-11,13-21,23-50H,12,22H2,1-3H3. The van der Waals surface area contributed by atoms with Crippen molar-refractivity contribution in [2.45, 2.75) is 39.0 Å². The quantitative estimate of drug-likeness (QED) is 0.133. The Labute approximate surface area is 457 Å². The first-order valence-electron chi connectivity index (χ1n) is 27.4. The molecule has 78 heavy (non-hydrogen) atoms. The van der Waals surface area contributed by atoms with Crippen LogP contribution in [0.15, 0.2) is 267 Å². The lowest BCUT2D eigenvalue weighted by Gasteiger charge is -2.29. The van der Waals surface area contributed by atoms with E-state index in [9.17, 15) is 0 Å². The average molecular weight is 999 g/mol. The van der Waals surface area contributed by atoms with E-state index >= 15 is 0 Å². The van der Waals surface area contributed by atoms with Gasteiger partial charge in [0.1, 0.15) is 0 Å². The largest absolute Gasteiger partial charge is 0.310 e. The smallest absolute Gasteiger partial charge is 0.0468 e. The van der Waals surface area contributed by atoms with Gasteiger partial charge in [0.25, 0.3) is 0 Å². The van der Waals surface area contributed by atoms with Crippen molar-refractivity contribution in [1.82, 2.24) is 0 Å². The van der Waals surface area contributed by atoms with Gasteiger partial charge in [0.15, 0.2) is 0 Å². The Morgan fingerprint density at radius 3 is 1.51 bits per heavy atom. The van der Waals surface area contributed by atoms with Crippen LogP contribution >= 0.6 is 0 Å². The molecule has 0 fully saturated rings. The molecule has 0 atom stereocenters. The maximum Gasteiger partial charge on any atom is 0.0468 e. The number of nitrogens with zero attached hydrogens (tertiary/aromatic N) is 2. The maximum absolute atomic E-state index is 2.48. The first-order valence-corrected chi connectivity index (χ1v) is 27.4. The number of anilines is 6. The van der Waals surface area contributed by atoms with E-state index in [2.05, 4.69) is 304 Å². The zero-order valence-electron chi connectivity index (χ0n) is 44.3. The van der Waals surface area contributed by atoms with E-state index in [-0.39, 0.29) is 5.41 Å². The summed E-state index contributed by atoms with van der Waals surface area (Å²) in [4.78, 5) is 4.89. The minimum absolute atomic E-state index is 0.0250. The third-order valence-corrected chi connectivity index (χ3v) is 16.2. The molecule has 0 aliphatic heterocycles. The number of allylic oxidation sites excluding steroid dienone is 1. The molecule has 13 aromatic carbocycles. The van der Waals surface area contributed by atoms with Gasteiger partial charge >= 0.3 is 0 Å². The molecule has 0 saturated carbocycles. The fraction of sp³-hybridized carbons (Fsp3) is 0.0789. The van der Waals surface area contributed by atoms with Crippen molar-refractivity contribution in [2.75, 3.05) is 9.80 Å². The highest BCUT2D eigenvalue weighted by molar-refractivity contribution is 6.23. The number of benzene rings is 13. The number of hydrogen-bond acceptors (Lipinski definition) is 2. The molecule has 372 valence electrons. The molecule has 2 nitrogen and oxygen atoms in total. The second kappa shape index (κ2) is 19.3. The molecule has 0 aromatic heterocycles. The van der Waals surface area contributed by atoms with Gasteiger partial charge in [0.05, 0.1) is 0 Å². The van der Waals surface area contributed by atoms with E-state index in [1.807, 2.05) is 0 Å². The molecule has 0 N–H and O–H groups in total. The summed E-state index contributed by atoms with van der Waals surface area (Å²) in [5.74, 6) is 0. The Morgan fingerprint density at radius 2 is 0.821 bits per heavy atom. The number of hydrogen-bond donors (Lipinski definition) is 0. The van der Waals surface area contributed by atoms with Crippen LogP contribution in [0.4, 0.5) is 34.1 Å². The number of para-hydroxylation sites is 1. The molecule has 0 amide bonds. The summed E-state index contributed by atoms with van der Waals surface area (Å²) in [6.07, 6.45) is 6.66. The van der Waals surface area contributed by atoms with Gasteiger partial charge in [-0.15, -0.1) is 0 Å². The Morgan fingerprint density at radius 1 is 0.321 bits per heavy atom. The monoisotopic (exact) mass is 998 g/mol. The van der Waals surface area contributed by atoms with E-state index < -0.39 is 0 Å². The number of fused-ring (bicyclic) bond motifs is 6. The first kappa shape index (κ1) is 47.0. The van der Waals surface area contributed by atoms with Crippen LogP contribution in [0.5, 0.6) is 0 Å². The molecule has 2 heteroatoms. The van der Waals surface area contributed by atoms with E-state index in [1.165, 1.54) is 104 Å². The van der Waals surface area contributed by atoms with E-state index in [1.54, 1.807) is 0 Å². The summed E-state index contributed by atoms with van der Waals surface area (Å²) in [5, 5.41) is 12.1. The van der Waals surface area contributed by atoms with Crippen molar-refractivity contribution < 1.29 is 0 Å². The summed E-state index contributed by atoms with van der Waals surface area (Å²) in [6.45, 7) is 6.87. The molecule has 0 heterocycles. The zero-order valence-corrected chi connectivity index (χ0v) is 44.3. The highest BCUT2D eigenvalue weighted by Gasteiger charge is 2.24. The molecule has 1 aliphatic rings. The first-order chi connectivity index (χ1) is 38.3. The molecule has 14 rings (SSSR count). The van der Waals surface area contributed by atoms with Gasteiger partial charge in [-0.2, -0.15) is 0 Å². The van der Waals surface area contributed by atoms with Gasteiger partial charge in [-0.25, -0.2) is 0 Å². The van der Waals surface area contributed by atoms with Crippen LogP contribution in [0.3, 0.4) is 0 Å². The zero-order chi connectivity index (χ0) is 52.3. The molecule has 0 radical (unpaired) electrons. The molecular weight excluding hydrogens is 941 g/mol. The fourth-order valence-corrected chi connectivity index (χ4v) is 12.2. The summed E-state index contributed by atoms with van der Waals surface area (Å²) in [6, 6.07) is 97.5. The fourth-order valence-electron chi connectivity index (χ4n) is 12.2. The SMILES string of the molecule is CC(C)(C)c1ccc(N(c2ccc3c(c2)CCC=C3)c2ccc3c(-c4ccc(-c5cccc6ccccc56)cc4)c4cc(N(c5ccccc5)c5ccc6ccccc6c5)ccc4c(-c4ccc5ccccc5c4)c3c2)cc1. The third-order valence-electron chi connectivity index (χ3n) is 16.2. The Hall–Kier alpha value is -9.50. The van der Waals surface area contributed by atoms with Crippen LogP contribution in [0.25, 0.3) is 93.3 Å². The van der Waals surface area contributed by atoms with Gasteiger partial charge in [0, 0.05) is 34.1 Å². The van der Waals surface area contributed by atoms with E-state index in [0.717, 1.165) is 47.0 Å². The molecule has 0 saturated heterocycles. The van der Waals surface area contributed by atoms with Crippen molar-refractivity contribution in [3.05, 3.63) is 284 Å². The minimum Gasteiger partial charge on any atom is -0.310 e. The molecular formula is C76H58N2. The van der Waals surface area contributed by atoms with Gasteiger partial charge < -0.3 is 9.80 Å². The van der Waals surface area contributed by atoms with Crippen molar-refractivity contribution >= 4 is 94.1 Å². The normalized spacial score (nSPS) is 12.4. The maximum atomic E-state index is 2.48. The summed E-state index contributed by atoms with van der Waals surface area (Å²) in [7, 11) is 0. The van der Waals surface area contributed by atoms with Crippen molar-refractivity contribution in [2.24, 2.45) is 0 Å². The van der Waals surface area contributed by atoms with Crippen LogP contribution < -0.4 is 9.80 Å². The third kappa shape index (κ3) is 8.47. The van der Waals surface area contributed by atoms with Crippen molar-refractivity contribution in [3.8, 4) is 33.4 Å². The van der Waals surface area contributed by atoms with Crippen LogP contribution in [-0.2, 0) is 11.8 Å². The topological polar surface area (TPSA) is 6.48 Å². The predicted molar refractivity (Wildman–Crippen MR) is 336 cm³/mol. The lowest BCUT2D eigenvalue weighted by molar-refractivity contribution is 0.590. The van der Waals surface area contributed by atoms with Crippen molar-refractivity contribution in [3.63, 3.8) is 0 Å². The lowest BCUT2D eigenvalue weighted by atomic mass is 9.84. The number of aryl methyl sites for hydroxylation is 1. The van der Waals surface area contributed by atoms with E-state index in [4.69, 9.17) is 0 Å². The molecule has 0 spiro atoms. The highest BCUT2D eigenvalue weighted by Crippen LogP contribution is 2.50. The number of rotatable bonds is 9. The van der Waals surface area contributed by atoms with Gasteiger partial charge in [0.2, 0.25) is 0 Å². The Bertz CT molecular complexity index is 4460. The van der Waals surface area contributed by atoms with Gasteiger partial charge in [-0.3, -0.25) is 0 Å². The van der Waals surface area contributed by atoms with Crippen LogP contribution in [0, 0.1) is 0 Å². The summed E-state index contributed by atoms with van der Waals surface area (Å²) < 4.78 is 0. The van der Waals surface area contributed by atoms with Crippen LogP contribution in [0.2, 0.25) is 0 Å². The molecule has 0 bridgehead atoms. The van der Waals surface area contributed by atoms with Gasteiger partial charge in [-0.05, 0) is 201 Å². The van der Waals surface area contributed by atoms with E-state index in [0.29, 0.717) is 0 Å². The molecule has 1 aliphatic carbocycles.